The van der Waals surface area contributed by atoms with Gasteiger partial charge in [-0.25, -0.2) is 5.84 Å². The summed E-state index contributed by atoms with van der Waals surface area (Å²) in [6.07, 6.45) is 3.83. The van der Waals surface area contributed by atoms with Crippen molar-refractivity contribution in [2.75, 3.05) is 46.9 Å². The van der Waals surface area contributed by atoms with E-state index >= 15 is 0 Å². The first-order chi connectivity index (χ1) is 19.7. The third kappa shape index (κ3) is 7.13. The van der Waals surface area contributed by atoms with Crippen LogP contribution in [0, 0.1) is 11.3 Å². The molecule has 0 aromatic heterocycles. The molecule has 1 amide bonds. The fourth-order valence-electron chi connectivity index (χ4n) is 6.31. The number of piperidine rings is 2. The average molecular weight is 565 g/mol. The Morgan fingerprint density at radius 2 is 1.63 bits per heavy atom. The second kappa shape index (κ2) is 13.6. The largest absolute Gasteiger partial charge is 0.493 e. The minimum absolute atomic E-state index is 0.203. The Bertz CT molecular complexity index is 1170. The van der Waals surface area contributed by atoms with Crippen LogP contribution in [0.15, 0.2) is 53.6 Å². The lowest BCUT2D eigenvalue weighted by Crippen LogP contribution is -2.52. The minimum Gasteiger partial charge on any atom is -0.493 e. The summed E-state index contributed by atoms with van der Waals surface area (Å²) in [6.45, 7) is 9.74. The first-order valence-corrected chi connectivity index (χ1v) is 14.8. The number of nitrogens with zero attached hydrogens (tertiary/aromatic N) is 4. The molecule has 2 aromatic rings. The molecule has 0 spiro atoms. The summed E-state index contributed by atoms with van der Waals surface area (Å²) < 4.78 is 11.5. The average Bonchev–Trinajstić information content (AvgIpc) is 2.99. The molecule has 0 aliphatic carbocycles. The molecule has 224 valence electrons. The molecule has 1 atom stereocenters. The highest BCUT2D eigenvalue weighted by Crippen LogP contribution is 2.40. The van der Waals surface area contributed by atoms with Crippen LogP contribution in [0.4, 0.5) is 0 Å². The molecule has 2 saturated heterocycles. The van der Waals surface area contributed by atoms with Crippen molar-refractivity contribution in [3.05, 3.63) is 59.7 Å². The highest BCUT2D eigenvalue weighted by Gasteiger charge is 2.36. The van der Waals surface area contributed by atoms with Gasteiger partial charge >= 0.3 is 0 Å². The molecule has 2 heterocycles. The molecular weight excluding hydrogens is 516 g/mol. The van der Waals surface area contributed by atoms with Gasteiger partial charge in [0.05, 0.1) is 14.2 Å². The van der Waals surface area contributed by atoms with Crippen molar-refractivity contribution in [1.29, 1.82) is 0 Å². The number of hydrazine groups is 1. The van der Waals surface area contributed by atoms with Gasteiger partial charge in [-0.3, -0.25) is 14.7 Å². The number of benzene rings is 2. The lowest BCUT2D eigenvalue weighted by molar-refractivity contribution is -0.140. The van der Waals surface area contributed by atoms with E-state index in [9.17, 15) is 4.79 Å². The van der Waals surface area contributed by atoms with Crippen molar-refractivity contribution in [3.63, 3.8) is 0 Å². The van der Waals surface area contributed by atoms with Gasteiger partial charge < -0.3 is 20.2 Å². The molecule has 0 bridgehead atoms. The monoisotopic (exact) mass is 564 g/mol. The van der Waals surface area contributed by atoms with Crippen LogP contribution in [0.1, 0.15) is 69.5 Å². The van der Waals surface area contributed by atoms with Crippen molar-refractivity contribution < 1.29 is 14.3 Å². The Hall–Kier alpha value is -3.30. The molecule has 4 N–H and O–H groups in total. The van der Waals surface area contributed by atoms with Crippen LogP contribution in [0.25, 0.3) is 0 Å². The molecule has 9 nitrogen and oxygen atoms in total. The Balaban J connectivity index is 1.54. The zero-order valence-corrected chi connectivity index (χ0v) is 25.4. The topological polar surface area (TPSA) is 110 Å². The second-order valence-corrected chi connectivity index (χ2v) is 12.3. The molecule has 2 aliphatic heterocycles. The molecular formula is C32H48N6O3. The minimum atomic E-state index is -0.372. The van der Waals surface area contributed by atoms with E-state index in [0.717, 1.165) is 57.4 Å². The Kier molecular flexibility index (Phi) is 10.1. The highest BCUT2D eigenvalue weighted by atomic mass is 16.5. The van der Waals surface area contributed by atoms with Crippen molar-refractivity contribution >= 4 is 11.7 Å². The van der Waals surface area contributed by atoms with Gasteiger partial charge in [0.1, 0.15) is 6.04 Å². The smallest absolute Gasteiger partial charge is 0.227 e. The number of hydrogen-bond donors (Lipinski definition) is 2. The summed E-state index contributed by atoms with van der Waals surface area (Å²) in [5.74, 6) is 15.9. The van der Waals surface area contributed by atoms with Crippen LogP contribution in [0.3, 0.4) is 0 Å². The summed E-state index contributed by atoms with van der Waals surface area (Å²) in [5.41, 5.74) is 1.94. The maximum Gasteiger partial charge on any atom is 0.227 e. The van der Waals surface area contributed by atoms with Gasteiger partial charge in [0.2, 0.25) is 5.91 Å². The molecule has 4 rings (SSSR count). The van der Waals surface area contributed by atoms with Crippen LogP contribution in [0.5, 0.6) is 11.5 Å². The van der Waals surface area contributed by atoms with Gasteiger partial charge in [-0.1, -0.05) is 63.2 Å². The fraction of sp³-hybridized carbons (Fsp3) is 0.562. The van der Waals surface area contributed by atoms with Crippen LogP contribution in [-0.4, -0.2) is 73.5 Å². The number of para-hydroxylation sites is 1. The maximum absolute atomic E-state index is 12.8. The van der Waals surface area contributed by atoms with Crippen LogP contribution in [0.2, 0.25) is 0 Å². The summed E-state index contributed by atoms with van der Waals surface area (Å²) in [6, 6.07) is 16.3. The maximum atomic E-state index is 12.8. The number of likely N-dealkylation sites (tertiary alicyclic amines) is 2. The number of rotatable bonds is 8. The number of nitrogens with two attached hydrogens (primary N) is 2. The number of methoxy groups -OCH3 is 2. The van der Waals surface area contributed by atoms with Gasteiger partial charge in [0.25, 0.3) is 0 Å². The van der Waals surface area contributed by atoms with Crippen molar-refractivity contribution in [2.45, 2.75) is 58.4 Å². The first-order valence-electron chi connectivity index (χ1n) is 14.8. The van der Waals surface area contributed by atoms with Gasteiger partial charge in [0, 0.05) is 30.6 Å². The third-order valence-electron chi connectivity index (χ3n) is 8.56. The standard InChI is InChI=1S/C32H48N6O3/c1-32(2,3)31(39)37-18-14-23(15-19-37)22-38(34)30(35-33)28(26-12-9-13-27(40-4)29(26)41-5)36-20-16-25(17-21-36)24-10-7-6-8-11-24/h6-13,23,25,28H,14-22,33-34H2,1-5H3/b35-30-. The van der Waals surface area contributed by atoms with Crippen molar-refractivity contribution in [2.24, 2.45) is 28.1 Å². The van der Waals surface area contributed by atoms with E-state index in [1.54, 1.807) is 19.2 Å². The number of amides is 1. The molecule has 2 aliphatic rings. The molecule has 9 heteroatoms. The van der Waals surface area contributed by atoms with E-state index in [2.05, 4.69) is 40.3 Å². The Morgan fingerprint density at radius 3 is 2.20 bits per heavy atom. The van der Waals surface area contributed by atoms with Crippen molar-refractivity contribution in [1.82, 2.24) is 14.8 Å². The predicted octanol–water partition coefficient (Wildman–Crippen LogP) is 4.36. The summed E-state index contributed by atoms with van der Waals surface area (Å²) in [7, 11) is 3.30. The highest BCUT2D eigenvalue weighted by molar-refractivity contribution is 5.89. The van der Waals surface area contributed by atoms with E-state index in [4.69, 9.17) is 21.2 Å². The van der Waals surface area contributed by atoms with Gasteiger partial charge in [-0.05, 0) is 62.2 Å². The molecule has 1 unspecified atom stereocenters. The van der Waals surface area contributed by atoms with E-state index in [1.807, 2.05) is 43.9 Å². The molecule has 0 radical (unpaired) electrons. The number of hydrazone groups is 1. The lowest BCUT2D eigenvalue weighted by atomic mass is 9.88. The van der Waals surface area contributed by atoms with E-state index in [1.165, 1.54) is 5.56 Å². The Morgan fingerprint density at radius 1 is 0.976 bits per heavy atom. The van der Waals surface area contributed by atoms with Crippen LogP contribution >= 0.6 is 0 Å². The molecule has 0 saturated carbocycles. The van der Waals surface area contributed by atoms with Crippen LogP contribution in [-0.2, 0) is 4.79 Å². The molecule has 2 aromatic carbocycles. The molecule has 2 fully saturated rings. The number of hydrogen-bond acceptors (Lipinski definition) is 7. The van der Waals surface area contributed by atoms with Gasteiger partial charge in [-0.15, -0.1) is 0 Å². The van der Waals surface area contributed by atoms with Crippen LogP contribution < -0.4 is 21.2 Å². The second-order valence-electron chi connectivity index (χ2n) is 12.3. The normalized spacial score (nSPS) is 18.7. The quantitative estimate of drug-likeness (QED) is 0.212. The zero-order chi connectivity index (χ0) is 29.6. The summed E-state index contributed by atoms with van der Waals surface area (Å²) >= 11 is 0. The number of ether oxygens (including phenoxy) is 2. The summed E-state index contributed by atoms with van der Waals surface area (Å²) in [5, 5.41) is 6.02. The van der Waals surface area contributed by atoms with Crippen molar-refractivity contribution in [3.8, 4) is 11.5 Å². The van der Waals surface area contributed by atoms with E-state index in [-0.39, 0.29) is 17.4 Å². The number of carbonyl (C=O) groups excluding carboxylic acids is 1. The molecule has 41 heavy (non-hydrogen) atoms. The Labute approximate surface area is 245 Å². The third-order valence-corrected chi connectivity index (χ3v) is 8.56. The van der Waals surface area contributed by atoms with E-state index in [0.29, 0.717) is 35.7 Å². The predicted molar refractivity (Wildman–Crippen MR) is 164 cm³/mol. The number of carbonyl (C=O) groups is 1. The van der Waals surface area contributed by atoms with E-state index < -0.39 is 0 Å². The van der Waals surface area contributed by atoms with Gasteiger partial charge in [0.15, 0.2) is 17.3 Å². The zero-order valence-electron chi connectivity index (χ0n) is 25.4. The number of amidine groups is 1. The first kappa shape index (κ1) is 30.7. The van der Waals surface area contributed by atoms with Gasteiger partial charge in [-0.2, -0.15) is 5.10 Å². The lowest BCUT2D eigenvalue weighted by Gasteiger charge is -2.41. The SMILES string of the molecule is COc1cccc(C(/C(=N/N)N(N)CC2CCN(C(=O)C(C)(C)C)CC2)N2CCC(c3ccccc3)CC2)c1OC. The summed E-state index contributed by atoms with van der Waals surface area (Å²) in [4.78, 5) is 17.2. The fourth-order valence-corrected chi connectivity index (χ4v) is 6.31.